The van der Waals surface area contributed by atoms with Gasteiger partial charge in [-0.15, -0.1) is 0 Å². The second-order valence-corrected chi connectivity index (χ2v) is 6.14. The maximum atomic E-state index is 13.0. The van der Waals surface area contributed by atoms with Crippen LogP contribution in [0.4, 0.5) is 8.78 Å². The van der Waals surface area contributed by atoms with Crippen molar-refractivity contribution in [3.05, 3.63) is 29.8 Å². The summed E-state index contributed by atoms with van der Waals surface area (Å²) in [6.45, 7) is 1.35. The van der Waals surface area contributed by atoms with Crippen molar-refractivity contribution in [1.82, 2.24) is 10.0 Å². The minimum Gasteiger partial charge on any atom is -0.392 e. The fourth-order valence-electron chi connectivity index (χ4n) is 1.38. The Hall–Kier alpha value is -1.58. The van der Waals surface area contributed by atoms with E-state index in [1.54, 1.807) is 0 Å². The first-order valence-electron chi connectivity index (χ1n) is 6.12. The predicted octanol–water partition coefficient (Wildman–Crippen LogP) is 0.130. The molecule has 9 heteroatoms. The number of halogens is 2. The number of hydrogen-bond donors (Lipinski definition) is 3. The van der Waals surface area contributed by atoms with Gasteiger partial charge in [0, 0.05) is 19.5 Å². The molecule has 6 nitrogen and oxygen atoms in total. The number of aliphatic hydroxyl groups excluding tert-OH is 1. The molecule has 0 aromatic heterocycles. The molecule has 0 aliphatic rings. The monoisotopic (exact) mass is 322 g/mol. The molecule has 0 bridgehead atoms. The van der Waals surface area contributed by atoms with Crippen LogP contribution in [0.25, 0.3) is 0 Å². The maximum absolute atomic E-state index is 13.0. The van der Waals surface area contributed by atoms with E-state index in [-0.39, 0.29) is 19.5 Å². The number of carbonyl (C=O) groups is 1. The Balaban J connectivity index is 2.53. The van der Waals surface area contributed by atoms with Gasteiger partial charge in [-0.3, -0.25) is 4.79 Å². The van der Waals surface area contributed by atoms with Gasteiger partial charge in [0.25, 0.3) is 0 Å². The van der Waals surface area contributed by atoms with Crippen molar-refractivity contribution >= 4 is 15.9 Å². The second-order valence-electron chi connectivity index (χ2n) is 4.38. The highest BCUT2D eigenvalue weighted by atomic mass is 32.2. The standard InChI is InChI=1S/C12H16F2N2O4S/c1-8(17)7-15-12(18)4-5-16-21(19,20)9-2-3-10(13)11(14)6-9/h2-3,6,8,16-17H,4-5,7H2,1H3,(H,15,18). The largest absolute Gasteiger partial charge is 0.392 e. The van der Waals surface area contributed by atoms with Crippen LogP contribution >= 0.6 is 0 Å². The minimum absolute atomic E-state index is 0.0642. The van der Waals surface area contributed by atoms with Crippen LogP contribution in [0.15, 0.2) is 23.1 Å². The van der Waals surface area contributed by atoms with Crippen LogP contribution in [0.2, 0.25) is 0 Å². The molecule has 0 aliphatic heterocycles. The molecule has 118 valence electrons. The second kappa shape index (κ2) is 7.43. The van der Waals surface area contributed by atoms with E-state index in [1.165, 1.54) is 6.92 Å². The summed E-state index contributed by atoms with van der Waals surface area (Å²) in [7, 11) is -4.01. The van der Waals surface area contributed by atoms with Crippen LogP contribution in [0.5, 0.6) is 0 Å². The lowest BCUT2D eigenvalue weighted by molar-refractivity contribution is -0.121. The molecule has 1 rings (SSSR count). The van der Waals surface area contributed by atoms with Gasteiger partial charge in [0.15, 0.2) is 11.6 Å². The predicted molar refractivity (Wildman–Crippen MR) is 70.9 cm³/mol. The number of rotatable bonds is 7. The number of sulfonamides is 1. The van der Waals surface area contributed by atoms with E-state index in [9.17, 15) is 22.0 Å². The van der Waals surface area contributed by atoms with Gasteiger partial charge in [0.05, 0.1) is 11.0 Å². The van der Waals surface area contributed by atoms with Gasteiger partial charge in [-0.25, -0.2) is 21.9 Å². The first-order chi connectivity index (χ1) is 9.72. The number of hydrogen-bond acceptors (Lipinski definition) is 4. The third-order valence-electron chi connectivity index (χ3n) is 2.44. The Morgan fingerprint density at radius 1 is 1.33 bits per heavy atom. The van der Waals surface area contributed by atoms with E-state index in [1.807, 2.05) is 0 Å². The van der Waals surface area contributed by atoms with Gasteiger partial charge in [0.2, 0.25) is 15.9 Å². The summed E-state index contributed by atoms with van der Waals surface area (Å²) in [5.74, 6) is -2.86. The van der Waals surface area contributed by atoms with Gasteiger partial charge < -0.3 is 10.4 Å². The maximum Gasteiger partial charge on any atom is 0.240 e. The lowest BCUT2D eigenvalue weighted by atomic mass is 10.3. The number of carbonyl (C=O) groups excluding carboxylic acids is 1. The molecule has 0 saturated heterocycles. The van der Waals surface area contributed by atoms with E-state index in [4.69, 9.17) is 5.11 Å². The molecule has 0 aliphatic carbocycles. The first kappa shape index (κ1) is 17.5. The van der Waals surface area contributed by atoms with Crippen LogP contribution < -0.4 is 10.0 Å². The summed E-state index contributed by atoms with van der Waals surface area (Å²) in [4.78, 5) is 10.9. The van der Waals surface area contributed by atoms with Gasteiger partial charge in [-0.2, -0.15) is 0 Å². The minimum atomic E-state index is -4.01. The summed E-state index contributed by atoms with van der Waals surface area (Å²) in [5, 5.41) is 11.4. The Kier molecular flexibility index (Phi) is 6.19. The third-order valence-corrected chi connectivity index (χ3v) is 3.90. The summed E-state index contributed by atoms with van der Waals surface area (Å²) in [6.07, 6.45) is -0.844. The summed E-state index contributed by atoms with van der Waals surface area (Å²) in [6, 6.07) is 2.19. The average molecular weight is 322 g/mol. The molecule has 0 saturated carbocycles. The zero-order valence-electron chi connectivity index (χ0n) is 11.3. The van der Waals surface area contributed by atoms with Crippen LogP contribution in [0.3, 0.4) is 0 Å². The quantitative estimate of drug-likeness (QED) is 0.665. The van der Waals surface area contributed by atoms with Crippen LogP contribution in [-0.2, 0) is 14.8 Å². The van der Waals surface area contributed by atoms with E-state index in [0.717, 1.165) is 6.07 Å². The molecule has 3 N–H and O–H groups in total. The lowest BCUT2D eigenvalue weighted by Gasteiger charge is -2.09. The fourth-order valence-corrected chi connectivity index (χ4v) is 2.42. The molecular formula is C12H16F2N2O4S. The number of amides is 1. The van der Waals surface area contributed by atoms with E-state index in [2.05, 4.69) is 10.0 Å². The van der Waals surface area contributed by atoms with Crippen LogP contribution in [0.1, 0.15) is 13.3 Å². The Labute approximate surface area is 121 Å². The van der Waals surface area contributed by atoms with E-state index >= 15 is 0 Å². The molecular weight excluding hydrogens is 306 g/mol. The van der Waals surface area contributed by atoms with Crippen LogP contribution in [0, 0.1) is 11.6 Å². The smallest absolute Gasteiger partial charge is 0.240 e. The van der Waals surface area contributed by atoms with Crippen molar-refractivity contribution in [3.8, 4) is 0 Å². The van der Waals surface area contributed by atoms with Gasteiger partial charge in [-0.05, 0) is 25.1 Å². The van der Waals surface area contributed by atoms with Crippen molar-refractivity contribution in [2.24, 2.45) is 0 Å². The topological polar surface area (TPSA) is 95.5 Å². The zero-order chi connectivity index (χ0) is 16.0. The number of aliphatic hydroxyl groups is 1. The summed E-state index contributed by atoms with van der Waals surface area (Å²) in [5.41, 5.74) is 0. The summed E-state index contributed by atoms with van der Waals surface area (Å²) >= 11 is 0. The lowest BCUT2D eigenvalue weighted by Crippen LogP contribution is -2.34. The van der Waals surface area contributed by atoms with Crippen molar-refractivity contribution in [2.45, 2.75) is 24.3 Å². The SMILES string of the molecule is CC(O)CNC(=O)CCNS(=O)(=O)c1ccc(F)c(F)c1. The molecule has 0 radical (unpaired) electrons. The first-order valence-corrected chi connectivity index (χ1v) is 7.60. The van der Waals surface area contributed by atoms with E-state index in [0.29, 0.717) is 12.1 Å². The highest BCUT2D eigenvalue weighted by molar-refractivity contribution is 7.89. The molecule has 1 atom stereocenters. The summed E-state index contributed by atoms with van der Waals surface area (Å²) < 4.78 is 51.4. The Morgan fingerprint density at radius 3 is 2.57 bits per heavy atom. The molecule has 1 aromatic rings. The van der Waals surface area contributed by atoms with Gasteiger partial charge >= 0.3 is 0 Å². The normalized spacial score (nSPS) is 13.0. The molecule has 0 heterocycles. The van der Waals surface area contributed by atoms with Crippen molar-refractivity contribution in [1.29, 1.82) is 0 Å². The average Bonchev–Trinajstić information content (AvgIpc) is 2.39. The molecule has 1 amide bonds. The van der Waals surface area contributed by atoms with Gasteiger partial charge in [-0.1, -0.05) is 0 Å². The molecule has 21 heavy (non-hydrogen) atoms. The fraction of sp³-hybridized carbons (Fsp3) is 0.417. The number of benzene rings is 1. The third kappa shape index (κ3) is 5.74. The van der Waals surface area contributed by atoms with Crippen molar-refractivity contribution in [3.63, 3.8) is 0 Å². The number of nitrogens with one attached hydrogen (secondary N) is 2. The molecule has 0 spiro atoms. The highest BCUT2D eigenvalue weighted by Gasteiger charge is 2.16. The molecule has 0 fully saturated rings. The highest BCUT2D eigenvalue weighted by Crippen LogP contribution is 2.13. The molecule has 1 aromatic carbocycles. The Morgan fingerprint density at radius 2 is 2.00 bits per heavy atom. The van der Waals surface area contributed by atoms with Crippen LogP contribution in [-0.4, -0.2) is 38.6 Å². The zero-order valence-corrected chi connectivity index (χ0v) is 12.1. The Bertz CT molecular complexity index is 605. The van der Waals surface area contributed by atoms with E-state index < -0.39 is 38.6 Å². The molecule has 1 unspecified atom stereocenters. The van der Waals surface area contributed by atoms with Crippen molar-refractivity contribution in [2.75, 3.05) is 13.1 Å². The van der Waals surface area contributed by atoms with Gasteiger partial charge in [0.1, 0.15) is 0 Å². The van der Waals surface area contributed by atoms with Crippen molar-refractivity contribution < 1.29 is 27.1 Å².